The Bertz CT molecular complexity index is 379. The van der Waals surface area contributed by atoms with E-state index in [9.17, 15) is 0 Å². The Morgan fingerprint density at radius 2 is 1.94 bits per heavy atom. The van der Waals surface area contributed by atoms with Gasteiger partial charge < -0.3 is 5.73 Å². The summed E-state index contributed by atoms with van der Waals surface area (Å²) < 4.78 is 0. The van der Waals surface area contributed by atoms with Gasteiger partial charge in [0.05, 0.1) is 0 Å². The molecule has 2 N–H and O–H groups in total. The number of hydrogen-bond donors (Lipinski definition) is 1. The summed E-state index contributed by atoms with van der Waals surface area (Å²) in [4.78, 5) is 5.23. The number of fused-ring (bicyclic) bond motifs is 1. The predicted molar refractivity (Wildman–Crippen MR) is 74.2 cm³/mol. The molecule has 3 nitrogen and oxygen atoms in total. The molecule has 0 spiro atoms. The van der Waals surface area contributed by atoms with Crippen LogP contribution in [0.15, 0.2) is 30.3 Å². The summed E-state index contributed by atoms with van der Waals surface area (Å²) in [7, 11) is 0. The number of hydrogen-bond acceptors (Lipinski definition) is 3. The highest BCUT2D eigenvalue weighted by Gasteiger charge is 2.35. The van der Waals surface area contributed by atoms with Gasteiger partial charge in [-0.2, -0.15) is 0 Å². The first kappa shape index (κ1) is 12.2. The van der Waals surface area contributed by atoms with E-state index < -0.39 is 0 Å². The van der Waals surface area contributed by atoms with Crippen molar-refractivity contribution < 1.29 is 0 Å². The molecule has 2 aliphatic rings. The van der Waals surface area contributed by atoms with E-state index in [0.29, 0.717) is 0 Å². The zero-order chi connectivity index (χ0) is 12.4. The smallest absolute Gasteiger partial charge is 0.0234 e. The molecule has 18 heavy (non-hydrogen) atoms. The van der Waals surface area contributed by atoms with Crippen molar-refractivity contribution >= 4 is 0 Å². The molecule has 2 unspecified atom stereocenters. The van der Waals surface area contributed by atoms with Crippen molar-refractivity contribution in [3.63, 3.8) is 0 Å². The van der Waals surface area contributed by atoms with E-state index in [1.54, 1.807) is 0 Å². The van der Waals surface area contributed by atoms with Gasteiger partial charge in [0, 0.05) is 38.8 Å². The lowest BCUT2D eigenvalue weighted by Crippen LogP contribution is -2.49. The summed E-state index contributed by atoms with van der Waals surface area (Å²) in [6.07, 6.45) is 1.29. The average Bonchev–Trinajstić information content (AvgIpc) is 2.82. The molecule has 0 bridgehead atoms. The van der Waals surface area contributed by atoms with Crippen LogP contribution in [0.2, 0.25) is 0 Å². The van der Waals surface area contributed by atoms with Gasteiger partial charge in [-0.25, -0.2) is 0 Å². The molecular formula is C15H23N3. The van der Waals surface area contributed by atoms with Crippen molar-refractivity contribution in [2.75, 3.05) is 32.7 Å². The first-order chi connectivity index (χ1) is 8.85. The fraction of sp³-hybridized carbons (Fsp3) is 0.600. The summed E-state index contributed by atoms with van der Waals surface area (Å²) in [5.41, 5.74) is 7.24. The second-order valence-corrected chi connectivity index (χ2v) is 5.71. The minimum Gasteiger partial charge on any atom is -0.330 e. The minimum atomic E-state index is 0.728. The molecule has 1 aromatic carbocycles. The summed E-state index contributed by atoms with van der Waals surface area (Å²) in [6, 6.07) is 11.5. The van der Waals surface area contributed by atoms with Gasteiger partial charge in [-0.1, -0.05) is 30.3 Å². The number of piperazine rings is 1. The van der Waals surface area contributed by atoms with Gasteiger partial charge in [0.25, 0.3) is 0 Å². The van der Waals surface area contributed by atoms with Crippen LogP contribution in [0.25, 0.3) is 0 Å². The standard InChI is InChI=1S/C15H23N3/c16-9-14-8-15-12-17(6-7-18(15)11-14)10-13-4-2-1-3-5-13/h1-5,14-15H,6-12,16H2. The van der Waals surface area contributed by atoms with E-state index in [-0.39, 0.29) is 0 Å². The Kier molecular flexibility index (Phi) is 3.64. The monoisotopic (exact) mass is 245 g/mol. The van der Waals surface area contributed by atoms with Crippen LogP contribution < -0.4 is 5.73 Å². The zero-order valence-electron chi connectivity index (χ0n) is 11.0. The van der Waals surface area contributed by atoms with Crippen molar-refractivity contribution in [2.24, 2.45) is 11.7 Å². The van der Waals surface area contributed by atoms with Gasteiger partial charge in [-0.15, -0.1) is 0 Å². The maximum Gasteiger partial charge on any atom is 0.0234 e. The first-order valence-electron chi connectivity index (χ1n) is 7.05. The Labute approximate surface area is 110 Å². The molecule has 0 radical (unpaired) electrons. The van der Waals surface area contributed by atoms with Crippen molar-refractivity contribution in [1.29, 1.82) is 0 Å². The van der Waals surface area contributed by atoms with E-state index in [4.69, 9.17) is 5.73 Å². The lowest BCUT2D eigenvalue weighted by molar-refractivity contribution is 0.0990. The van der Waals surface area contributed by atoms with Crippen LogP contribution in [-0.4, -0.2) is 48.6 Å². The molecule has 0 saturated carbocycles. The van der Waals surface area contributed by atoms with Crippen LogP contribution in [0.4, 0.5) is 0 Å². The summed E-state index contributed by atoms with van der Waals surface area (Å²) in [5.74, 6) is 0.728. The summed E-state index contributed by atoms with van der Waals surface area (Å²) in [6.45, 7) is 6.80. The minimum absolute atomic E-state index is 0.728. The van der Waals surface area contributed by atoms with E-state index in [2.05, 4.69) is 40.1 Å². The quantitative estimate of drug-likeness (QED) is 0.867. The fourth-order valence-electron chi connectivity index (χ4n) is 3.37. The van der Waals surface area contributed by atoms with Gasteiger partial charge in [-0.05, 0) is 24.4 Å². The lowest BCUT2D eigenvalue weighted by Gasteiger charge is -2.37. The van der Waals surface area contributed by atoms with E-state index in [1.165, 1.54) is 38.2 Å². The normalized spacial score (nSPS) is 29.4. The van der Waals surface area contributed by atoms with Gasteiger partial charge in [-0.3, -0.25) is 9.80 Å². The Morgan fingerprint density at radius 1 is 1.11 bits per heavy atom. The van der Waals surface area contributed by atoms with Gasteiger partial charge in [0.2, 0.25) is 0 Å². The van der Waals surface area contributed by atoms with Crippen LogP contribution in [0.1, 0.15) is 12.0 Å². The first-order valence-corrected chi connectivity index (χ1v) is 7.05. The molecule has 0 aliphatic carbocycles. The van der Waals surface area contributed by atoms with Crippen molar-refractivity contribution in [3.05, 3.63) is 35.9 Å². The van der Waals surface area contributed by atoms with Crippen LogP contribution in [0.3, 0.4) is 0 Å². The predicted octanol–water partition coefficient (Wildman–Crippen LogP) is 1.15. The molecule has 2 aliphatic heterocycles. The molecule has 0 amide bonds. The van der Waals surface area contributed by atoms with Crippen molar-refractivity contribution in [3.8, 4) is 0 Å². The van der Waals surface area contributed by atoms with Crippen LogP contribution in [0, 0.1) is 5.92 Å². The topological polar surface area (TPSA) is 32.5 Å². The number of nitrogens with two attached hydrogens (primary N) is 1. The lowest BCUT2D eigenvalue weighted by atomic mass is 10.0. The van der Waals surface area contributed by atoms with Gasteiger partial charge >= 0.3 is 0 Å². The molecule has 3 rings (SSSR count). The van der Waals surface area contributed by atoms with E-state index in [0.717, 1.165) is 25.0 Å². The molecule has 2 atom stereocenters. The third-order valence-corrected chi connectivity index (χ3v) is 4.37. The number of rotatable bonds is 3. The molecule has 2 saturated heterocycles. The fourth-order valence-corrected chi connectivity index (χ4v) is 3.37. The van der Waals surface area contributed by atoms with Gasteiger partial charge in [0.1, 0.15) is 0 Å². The Balaban J connectivity index is 1.58. The summed E-state index contributed by atoms with van der Waals surface area (Å²) >= 11 is 0. The second kappa shape index (κ2) is 5.39. The summed E-state index contributed by atoms with van der Waals surface area (Å²) in [5, 5.41) is 0. The molecular weight excluding hydrogens is 222 g/mol. The van der Waals surface area contributed by atoms with E-state index in [1.807, 2.05) is 0 Å². The Hall–Kier alpha value is -0.900. The van der Waals surface area contributed by atoms with Crippen molar-refractivity contribution in [2.45, 2.75) is 19.0 Å². The second-order valence-electron chi connectivity index (χ2n) is 5.71. The molecule has 2 heterocycles. The highest BCUT2D eigenvalue weighted by Crippen LogP contribution is 2.26. The van der Waals surface area contributed by atoms with Crippen LogP contribution >= 0.6 is 0 Å². The van der Waals surface area contributed by atoms with Crippen molar-refractivity contribution in [1.82, 2.24) is 9.80 Å². The Morgan fingerprint density at radius 3 is 2.72 bits per heavy atom. The molecule has 98 valence electrons. The third-order valence-electron chi connectivity index (χ3n) is 4.37. The average molecular weight is 245 g/mol. The van der Waals surface area contributed by atoms with Crippen LogP contribution in [0.5, 0.6) is 0 Å². The highest BCUT2D eigenvalue weighted by molar-refractivity contribution is 5.14. The maximum atomic E-state index is 5.81. The van der Waals surface area contributed by atoms with Gasteiger partial charge in [0.15, 0.2) is 0 Å². The van der Waals surface area contributed by atoms with Crippen LogP contribution in [-0.2, 0) is 6.54 Å². The largest absolute Gasteiger partial charge is 0.330 e. The molecule has 1 aromatic rings. The number of nitrogens with zero attached hydrogens (tertiary/aromatic N) is 2. The number of benzene rings is 1. The third kappa shape index (κ3) is 2.58. The molecule has 0 aromatic heterocycles. The molecule has 2 fully saturated rings. The highest BCUT2D eigenvalue weighted by atomic mass is 15.3. The zero-order valence-corrected chi connectivity index (χ0v) is 11.0. The SMILES string of the molecule is NCC1CC2CN(Cc3ccccc3)CCN2C1. The maximum absolute atomic E-state index is 5.81. The molecule has 3 heteroatoms. The van der Waals surface area contributed by atoms with E-state index >= 15 is 0 Å².